The third-order valence-electron chi connectivity index (χ3n) is 3.78. The lowest BCUT2D eigenvalue weighted by atomic mass is 9.84. The van der Waals surface area contributed by atoms with Crippen LogP contribution >= 0.6 is 0 Å². The predicted molar refractivity (Wildman–Crippen MR) is 79.6 cm³/mol. The topological polar surface area (TPSA) is 9.23 Å². The molecule has 98 valence electrons. The Morgan fingerprint density at radius 1 is 0.947 bits per heavy atom. The molecule has 0 aromatic heterocycles. The molecule has 0 aliphatic carbocycles. The van der Waals surface area contributed by atoms with E-state index in [1.807, 2.05) is 0 Å². The number of ether oxygens (including phenoxy) is 1. The summed E-state index contributed by atoms with van der Waals surface area (Å²) in [4.78, 5) is 0. The van der Waals surface area contributed by atoms with Gasteiger partial charge in [0.25, 0.3) is 0 Å². The number of fused-ring (bicyclic) bond motifs is 3. The molecule has 1 aliphatic heterocycles. The van der Waals surface area contributed by atoms with Crippen LogP contribution in [0.5, 0.6) is 5.75 Å². The Bertz CT molecular complexity index is 633. The van der Waals surface area contributed by atoms with Crippen molar-refractivity contribution < 1.29 is 4.74 Å². The van der Waals surface area contributed by atoms with Crippen molar-refractivity contribution in [1.82, 2.24) is 0 Å². The number of hydrogen-bond acceptors (Lipinski definition) is 1. The van der Waals surface area contributed by atoms with Crippen molar-refractivity contribution in [3.05, 3.63) is 53.1 Å². The van der Waals surface area contributed by atoms with E-state index in [2.05, 4.69) is 64.1 Å². The molecule has 19 heavy (non-hydrogen) atoms. The highest BCUT2D eigenvalue weighted by Gasteiger charge is 2.21. The third kappa shape index (κ3) is 2.14. The molecule has 0 bridgehead atoms. The number of aryl methyl sites for hydroxylation is 1. The van der Waals surface area contributed by atoms with Gasteiger partial charge in [0, 0.05) is 5.56 Å². The van der Waals surface area contributed by atoms with Crippen LogP contribution < -0.4 is 4.74 Å². The summed E-state index contributed by atoms with van der Waals surface area (Å²) in [6.07, 6.45) is 0. The molecule has 0 saturated heterocycles. The van der Waals surface area contributed by atoms with Gasteiger partial charge in [-0.1, -0.05) is 50.6 Å². The van der Waals surface area contributed by atoms with Crippen molar-refractivity contribution in [2.75, 3.05) is 0 Å². The lowest BCUT2D eigenvalue weighted by molar-refractivity contribution is 0.302. The summed E-state index contributed by atoms with van der Waals surface area (Å²) in [5, 5.41) is 0. The van der Waals surface area contributed by atoms with E-state index in [1.54, 1.807) is 0 Å². The molecule has 1 aliphatic rings. The van der Waals surface area contributed by atoms with E-state index in [0.29, 0.717) is 6.61 Å². The third-order valence-corrected chi connectivity index (χ3v) is 3.78. The highest BCUT2D eigenvalue weighted by molar-refractivity contribution is 5.76. The van der Waals surface area contributed by atoms with Gasteiger partial charge in [-0.25, -0.2) is 0 Å². The Morgan fingerprint density at radius 3 is 2.47 bits per heavy atom. The van der Waals surface area contributed by atoms with Gasteiger partial charge in [0.1, 0.15) is 12.4 Å². The van der Waals surface area contributed by atoms with Crippen LogP contribution in [0, 0.1) is 6.92 Å². The van der Waals surface area contributed by atoms with Crippen molar-refractivity contribution in [1.29, 1.82) is 0 Å². The second kappa shape index (κ2) is 4.12. The molecular formula is C18H20O. The van der Waals surface area contributed by atoms with Gasteiger partial charge >= 0.3 is 0 Å². The van der Waals surface area contributed by atoms with E-state index in [-0.39, 0.29) is 5.41 Å². The second-order valence-corrected chi connectivity index (χ2v) is 6.41. The Kier molecular flexibility index (Phi) is 2.67. The van der Waals surface area contributed by atoms with Gasteiger partial charge in [0.2, 0.25) is 0 Å². The van der Waals surface area contributed by atoms with Gasteiger partial charge in [-0.15, -0.1) is 0 Å². The van der Waals surface area contributed by atoms with Crippen LogP contribution in [0.4, 0.5) is 0 Å². The monoisotopic (exact) mass is 252 g/mol. The molecule has 0 unspecified atom stereocenters. The maximum absolute atomic E-state index is 5.86. The first kappa shape index (κ1) is 12.3. The van der Waals surface area contributed by atoms with Crippen LogP contribution in [0.3, 0.4) is 0 Å². The van der Waals surface area contributed by atoms with Crippen molar-refractivity contribution in [2.24, 2.45) is 0 Å². The normalized spacial score (nSPS) is 13.5. The maximum Gasteiger partial charge on any atom is 0.127 e. The molecule has 0 fully saturated rings. The quantitative estimate of drug-likeness (QED) is 0.651. The van der Waals surface area contributed by atoms with Crippen molar-refractivity contribution in [3.8, 4) is 16.9 Å². The minimum Gasteiger partial charge on any atom is -0.488 e. The first-order valence-corrected chi connectivity index (χ1v) is 6.82. The minimum absolute atomic E-state index is 0.163. The highest BCUT2D eigenvalue weighted by Crippen LogP contribution is 2.40. The second-order valence-electron chi connectivity index (χ2n) is 6.41. The van der Waals surface area contributed by atoms with Crippen molar-refractivity contribution in [3.63, 3.8) is 0 Å². The average Bonchev–Trinajstić information content (AvgIpc) is 2.37. The Labute approximate surface area is 115 Å². The highest BCUT2D eigenvalue weighted by atomic mass is 16.5. The number of benzene rings is 2. The minimum atomic E-state index is 0.163. The van der Waals surface area contributed by atoms with E-state index >= 15 is 0 Å². The molecule has 0 amide bonds. The van der Waals surface area contributed by atoms with Crippen LogP contribution in [0.15, 0.2) is 36.4 Å². The lowest BCUT2D eigenvalue weighted by Crippen LogP contribution is -2.12. The lowest BCUT2D eigenvalue weighted by Gasteiger charge is -2.25. The van der Waals surface area contributed by atoms with Gasteiger partial charge in [0.15, 0.2) is 0 Å². The van der Waals surface area contributed by atoms with Gasteiger partial charge in [-0.05, 0) is 41.2 Å². The van der Waals surface area contributed by atoms with Gasteiger partial charge in [0.05, 0.1) is 0 Å². The van der Waals surface area contributed by atoms with Crippen molar-refractivity contribution in [2.45, 2.75) is 39.7 Å². The molecule has 1 heteroatoms. The molecule has 1 nitrogen and oxygen atoms in total. The van der Waals surface area contributed by atoms with Crippen LogP contribution in [0.2, 0.25) is 0 Å². The summed E-state index contributed by atoms with van der Waals surface area (Å²) in [6, 6.07) is 13.2. The summed E-state index contributed by atoms with van der Waals surface area (Å²) in [6.45, 7) is 9.56. The Morgan fingerprint density at radius 2 is 1.74 bits per heavy atom. The fourth-order valence-electron chi connectivity index (χ4n) is 2.56. The van der Waals surface area contributed by atoms with Crippen LogP contribution in [0.1, 0.15) is 37.5 Å². The van der Waals surface area contributed by atoms with Gasteiger partial charge in [-0.2, -0.15) is 0 Å². The first-order valence-electron chi connectivity index (χ1n) is 6.82. The fourth-order valence-corrected chi connectivity index (χ4v) is 2.56. The molecule has 0 saturated carbocycles. The molecule has 3 rings (SSSR count). The van der Waals surface area contributed by atoms with Gasteiger partial charge in [-0.3, -0.25) is 0 Å². The average molecular weight is 252 g/mol. The number of hydrogen-bond donors (Lipinski definition) is 0. The summed E-state index contributed by atoms with van der Waals surface area (Å²) in [5.74, 6) is 1.01. The molecule has 0 spiro atoms. The van der Waals surface area contributed by atoms with Gasteiger partial charge < -0.3 is 4.74 Å². The predicted octanol–water partition coefficient (Wildman–Crippen LogP) is 4.85. The smallest absolute Gasteiger partial charge is 0.127 e. The van der Waals surface area contributed by atoms with E-state index in [9.17, 15) is 0 Å². The van der Waals surface area contributed by atoms with E-state index in [1.165, 1.54) is 27.8 Å². The zero-order valence-electron chi connectivity index (χ0n) is 12.1. The maximum atomic E-state index is 5.86. The number of rotatable bonds is 0. The van der Waals surface area contributed by atoms with E-state index in [4.69, 9.17) is 4.74 Å². The van der Waals surface area contributed by atoms with Crippen molar-refractivity contribution >= 4 is 0 Å². The molecular weight excluding hydrogens is 232 g/mol. The summed E-state index contributed by atoms with van der Waals surface area (Å²) >= 11 is 0. The Hall–Kier alpha value is -1.76. The molecule has 0 atom stereocenters. The van der Waals surface area contributed by atoms with E-state index < -0.39 is 0 Å². The molecule has 0 N–H and O–H groups in total. The molecule has 2 aromatic rings. The van der Waals surface area contributed by atoms with E-state index in [0.717, 1.165) is 5.75 Å². The molecule has 0 radical (unpaired) electrons. The first-order chi connectivity index (χ1) is 8.95. The molecule has 2 aromatic carbocycles. The molecule has 1 heterocycles. The summed E-state index contributed by atoms with van der Waals surface area (Å²) in [7, 11) is 0. The zero-order valence-corrected chi connectivity index (χ0v) is 12.1. The summed E-state index contributed by atoms with van der Waals surface area (Å²) in [5.41, 5.74) is 6.65. The van der Waals surface area contributed by atoms with Crippen LogP contribution in [0.25, 0.3) is 11.1 Å². The standard InChI is InChI=1S/C18H20O/c1-12-5-6-13-11-19-17-8-7-14(18(2,3)4)10-16(17)15(13)9-12/h5-10H,11H2,1-4H3. The SMILES string of the molecule is Cc1ccc2c(c1)-c1cc(C(C)(C)C)ccc1OC2. The fraction of sp³-hybridized carbons (Fsp3) is 0.333. The van der Waals surface area contributed by atoms with Crippen LogP contribution in [-0.4, -0.2) is 0 Å². The summed E-state index contributed by atoms with van der Waals surface area (Å²) < 4.78 is 5.86. The Balaban J connectivity index is 2.21. The zero-order chi connectivity index (χ0) is 13.6. The van der Waals surface area contributed by atoms with Crippen LogP contribution in [-0.2, 0) is 12.0 Å². The largest absolute Gasteiger partial charge is 0.488 e.